The van der Waals surface area contributed by atoms with Crippen molar-refractivity contribution in [2.45, 2.75) is 18.9 Å². The van der Waals surface area contributed by atoms with E-state index in [4.69, 9.17) is 4.74 Å². The van der Waals surface area contributed by atoms with Crippen LogP contribution in [0, 0.1) is 0 Å². The quantitative estimate of drug-likeness (QED) is 0.869. The summed E-state index contributed by atoms with van der Waals surface area (Å²) in [6.45, 7) is 2.91. The molecule has 1 saturated heterocycles. The van der Waals surface area contributed by atoms with Crippen LogP contribution in [0.1, 0.15) is 18.0 Å². The molecule has 4 nitrogen and oxygen atoms in total. The molecule has 0 unspecified atom stereocenters. The van der Waals surface area contributed by atoms with E-state index in [1.165, 1.54) is 13.2 Å². The SMILES string of the molecule is COc1ccc(O)c([C@@H](CC(F)F)N2CCNCC2)c1. The molecule has 0 saturated carbocycles. The van der Waals surface area contributed by atoms with Gasteiger partial charge in [0.25, 0.3) is 0 Å². The minimum absolute atomic E-state index is 0.0370. The van der Waals surface area contributed by atoms with Crippen molar-refractivity contribution in [2.75, 3.05) is 33.3 Å². The second-order valence-electron chi connectivity index (χ2n) is 4.85. The van der Waals surface area contributed by atoms with Gasteiger partial charge in [0.2, 0.25) is 6.43 Å². The van der Waals surface area contributed by atoms with Crippen molar-refractivity contribution in [3.8, 4) is 11.5 Å². The standard InChI is InChI=1S/C14H20F2N2O2/c1-20-10-2-3-13(19)11(8-10)12(9-14(15)16)18-6-4-17-5-7-18/h2-3,8,12,14,17,19H,4-7,9H2,1H3/t12-/m1/s1. The summed E-state index contributed by atoms with van der Waals surface area (Å²) in [5.41, 5.74) is 0.506. The number of methoxy groups -OCH3 is 1. The number of phenolic OH excluding ortho intramolecular Hbond substituents is 1. The lowest BCUT2D eigenvalue weighted by molar-refractivity contribution is 0.0729. The van der Waals surface area contributed by atoms with E-state index in [1.807, 2.05) is 4.90 Å². The molecule has 1 atom stereocenters. The zero-order valence-electron chi connectivity index (χ0n) is 11.5. The number of phenols is 1. The maximum Gasteiger partial charge on any atom is 0.240 e. The highest BCUT2D eigenvalue weighted by Crippen LogP contribution is 2.35. The predicted molar refractivity (Wildman–Crippen MR) is 72.5 cm³/mol. The van der Waals surface area contributed by atoms with Gasteiger partial charge in [0, 0.05) is 44.2 Å². The van der Waals surface area contributed by atoms with Gasteiger partial charge in [-0.3, -0.25) is 4.90 Å². The lowest BCUT2D eigenvalue weighted by Gasteiger charge is -2.35. The highest BCUT2D eigenvalue weighted by molar-refractivity contribution is 5.41. The molecule has 2 N–H and O–H groups in total. The Kier molecular flexibility index (Phi) is 5.14. The molecule has 1 aromatic carbocycles. The van der Waals surface area contributed by atoms with Gasteiger partial charge < -0.3 is 15.2 Å². The molecule has 0 amide bonds. The van der Waals surface area contributed by atoms with Gasteiger partial charge in [0.15, 0.2) is 0 Å². The number of piperazine rings is 1. The number of aromatic hydroxyl groups is 1. The number of benzene rings is 1. The number of nitrogens with zero attached hydrogens (tertiary/aromatic N) is 1. The molecule has 0 aliphatic carbocycles. The molecule has 0 bridgehead atoms. The normalized spacial score (nSPS) is 18.2. The maximum absolute atomic E-state index is 12.9. The lowest BCUT2D eigenvalue weighted by atomic mass is 10.00. The molecule has 0 aromatic heterocycles. The molecule has 1 heterocycles. The third kappa shape index (κ3) is 3.58. The molecule has 6 heteroatoms. The van der Waals surface area contributed by atoms with Crippen LogP contribution in [-0.2, 0) is 0 Å². The molecule has 20 heavy (non-hydrogen) atoms. The molecule has 112 valence electrons. The highest BCUT2D eigenvalue weighted by Gasteiger charge is 2.27. The van der Waals surface area contributed by atoms with Crippen LogP contribution in [-0.4, -0.2) is 49.7 Å². The van der Waals surface area contributed by atoms with E-state index in [1.54, 1.807) is 12.1 Å². The van der Waals surface area contributed by atoms with Gasteiger partial charge in [-0.05, 0) is 18.2 Å². The summed E-state index contributed by atoms with van der Waals surface area (Å²) in [5, 5.41) is 13.2. The lowest BCUT2D eigenvalue weighted by Crippen LogP contribution is -2.45. The summed E-state index contributed by atoms with van der Waals surface area (Å²) >= 11 is 0. The van der Waals surface area contributed by atoms with Crippen LogP contribution in [0.3, 0.4) is 0 Å². The number of hydrogen-bond donors (Lipinski definition) is 2. The number of ether oxygens (including phenoxy) is 1. The number of halogens is 2. The zero-order chi connectivity index (χ0) is 14.5. The second kappa shape index (κ2) is 6.85. The first-order valence-corrected chi connectivity index (χ1v) is 6.71. The zero-order valence-corrected chi connectivity index (χ0v) is 11.5. The fourth-order valence-corrected chi connectivity index (χ4v) is 2.56. The minimum Gasteiger partial charge on any atom is -0.508 e. The van der Waals surface area contributed by atoms with E-state index < -0.39 is 12.5 Å². The smallest absolute Gasteiger partial charge is 0.240 e. The summed E-state index contributed by atoms with van der Waals surface area (Å²) in [4.78, 5) is 1.98. The van der Waals surface area contributed by atoms with E-state index in [-0.39, 0.29) is 12.2 Å². The van der Waals surface area contributed by atoms with Crippen LogP contribution in [0.25, 0.3) is 0 Å². The summed E-state index contributed by atoms with van der Waals surface area (Å²) in [5.74, 6) is 0.599. The first kappa shape index (κ1) is 15.0. The Morgan fingerprint density at radius 1 is 1.35 bits per heavy atom. The summed E-state index contributed by atoms with van der Waals surface area (Å²) in [7, 11) is 1.52. The highest BCUT2D eigenvalue weighted by atomic mass is 19.3. The van der Waals surface area contributed by atoms with Crippen molar-refractivity contribution in [2.24, 2.45) is 0 Å². The van der Waals surface area contributed by atoms with Crippen molar-refractivity contribution in [3.63, 3.8) is 0 Å². The molecule has 1 aliphatic heterocycles. The Bertz CT molecular complexity index is 437. The van der Waals surface area contributed by atoms with Crippen molar-refractivity contribution in [1.29, 1.82) is 0 Å². The first-order chi connectivity index (χ1) is 9.61. The van der Waals surface area contributed by atoms with E-state index in [0.717, 1.165) is 13.1 Å². The molecular formula is C14H20F2N2O2. The van der Waals surface area contributed by atoms with Crippen molar-refractivity contribution in [1.82, 2.24) is 10.2 Å². The molecular weight excluding hydrogens is 266 g/mol. The van der Waals surface area contributed by atoms with Crippen LogP contribution in [0.15, 0.2) is 18.2 Å². The number of rotatable bonds is 5. The molecule has 1 fully saturated rings. The topological polar surface area (TPSA) is 44.7 Å². The van der Waals surface area contributed by atoms with Gasteiger partial charge in [0.1, 0.15) is 11.5 Å². The Morgan fingerprint density at radius 2 is 2.05 bits per heavy atom. The number of hydrogen-bond acceptors (Lipinski definition) is 4. The van der Waals surface area contributed by atoms with Gasteiger partial charge >= 0.3 is 0 Å². The average molecular weight is 286 g/mol. The summed E-state index contributed by atoms with van der Waals surface area (Å²) in [6, 6.07) is 4.27. The Labute approximate surface area is 117 Å². The monoisotopic (exact) mass is 286 g/mol. The van der Waals surface area contributed by atoms with Gasteiger partial charge in [-0.15, -0.1) is 0 Å². The van der Waals surface area contributed by atoms with Gasteiger partial charge in [-0.1, -0.05) is 0 Å². The van der Waals surface area contributed by atoms with E-state index >= 15 is 0 Å². The Hall–Kier alpha value is -1.40. The largest absolute Gasteiger partial charge is 0.508 e. The Balaban J connectivity index is 2.29. The predicted octanol–water partition coefficient (Wildman–Crippen LogP) is 2.00. The third-order valence-electron chi connectivity index (χ3n) is 3.59. The molecule has 1 aliphatic rings. The first-order valence-electron chi connectivity index (χ1n) is 6.71. The molecule has 0 radical (unpaired) electrons. The maximum atomic E-state index is 12.9. The van der Waals surface area contributed by atoms with Crippen molar-refractivity contribution in [3.05, 3.63) is 23.8 Å². The molecule has 0 spiro atoms. The van der Waals surface area contributed by atoms with Crippen LogP contribution in [0.4, 0.5) is 8.78 Å². The van der Waals surface area contributed by atoms with E-state index in [9.17, 15) is 13.9 Å². The fraction of sp³-hybridized carbons (Fsp3) is 0.571. The van der Waals surface area contributed by atoms with Gasteiger partial charge in [0.05, 0.1) is 7.11 Å². The van der Waals surface area contributed by atoms with Crippen LogP contribution in [0.2, 0.25) is 0 Å². The van der Waals surface area contributed by atoms with Crippen molar-refractivity contribution < 1.29 is 18.6 Å². The molecule has 2 rings (SSSR count). The summed E-state index contributed by atoms with van der Waals surface area (Å²) < 4.78 is 30.9. The molecule has 1 aromatic rings. The van der Waals surface area contributed by atoms with Gasteiger partial charge in [-0.2, -0.15) is 0 Å². The average Bonchev–Trinajstić information content (AvgIpc) is 2.46. The Morgan fingerprint density at radius 3 is 2.65 bits per heavy atom. The number of nitrogens with one attached hydrogen (secondary N) is 1. The fourth-order valence-electron chi connectivity index (χ4n) is 2.56. The van der Waals surface area contributed by atoms with Crippen LogP contribution < -0.4 is 10.1 Å². The van der Waals surface area contributed by atoms with Crippen LogP contribution in [0.5, 0.6) is 11.5 Å². The minimum atomic E-state index is -2.42. The third-order valence-corrected chi connectivity index (χ3v) is 3.59. The van der Waals surface area contributed by atoms with Crippen LogP contribution >= 0.6 is 0 Å². The van der Waals surface area contributed by atoms with Crippen molar-refractivity contribution >= 4 is 0 Å². The summed E-state index contributed by atoms with van der Waals surface area (Å²) in [6.07, 6.45) is -2.71. The number of alkyl halides is 2. The second-order valence-corrected chi connectivity index (χ2v) is 4.85. The van der Waals surface area contributed by atoms with E-state index in [2.05, 4.69) is 5.32 Å². The van der Waals surface area contributed by atoms with Gasteiger partial charge in [-0.25, -0.2) is 8.78 Å². The van der Waals surface area contributed by atoms with E-state index in [0.29, 0.717) is 24.4 Å².